The predicted molar refractivity (Wildman–Crippen MR) is 83.8 cm³/mol. The summed E-state index contributed by atoms with van der Waals surface area (Å²) in [5.74, 6) is 0.519. The van der Waals surface area contributed by atoms with Crippen LogP contribution in [0.1, 0.15) is 29.3 Å². The Kier molecular flexibility index (Phi) is 3.98. The normalized spacial score (nSPS) is 16.0. The number of thiazole rings is 1. The van der Waals surface area contributed by atoms with E-state index >= 15 is 0 Å². The summed E-state index contributed by atoms with van der Waals surface area (Å²) >= 11 is 1.66. The van der Waals surface area contributed by atoms with Crippen molar-refractivity contribution >= 4 is 17.0 Å². The monoisotopic (exact) mass is 303 g/mol. The molecule has 0 aliphatic carbocycles. The molecule has 1 aliphatic heterocycles. The molecule has 1 saturated heterocycles. The first kappa shape index (κ1) is 14.2. The molecule has 1 aliphatic rings. The van der Waals surface area contributed by atoms with Crippen LogP contribution in [-0.2, 0) is 0 Å². The molecule has 1 fully saturated rings. The molecular formula is C15H17N3O2S. The summed E-state index contributed by atoms with van der Waals surface area (Å²) < 4.78 is 0. The van der Waals surface area contributed by atoms with Gasteiger partial charge in [0.15, 0.2) is 0 Å². The number of hydrogen-bond donors (Lipinski definition) is 1. The van der Waals surface area contributed by atoms with Gasteiger partial charge in [-0.05, 0) is 32.9 Å². The van der Waals surface area contributed by atoms with Crippen LogP contribution in [0.25, 0.3) is 11.3 Å². The Balaban J connectivity index is 1.89. The highest BCUT2D eigenvalue weighted by Gasteiger charge is 2.19. The van der Waals surface area contributed by atoms with Gasteiger partial charge in [-0.25, -0.2) is 4.98 Å². The first-order chi connectivity index (χ1) is 10.1. The molecule has 5 nitrogen and oxygen atoms in total. The minimum Gasteiger partial charge on any atom is -0.317 e. The second-order valence-electron chi connectivity index (χ2n) is 5.35. The zero-order valence-electron chi connectivity index (χ0n) is 11.8. The van der Waals surface area contributed by atoms with E-state index in [1.807, 2.05) is 11.4 Å². The molecule has 3 rings (SSSR count). The van der Waals surface area contributed by atoms with E-state index in [2.05, 4.69) is 5.32 Å². The first-order valence-corrected chi connectivity index (χ1v) is 7.94. The topological polar surface area (TPSA) is 68.1 Å². The molecule has 6 heteroatoms. The summed E-state index contributed by atoms with van der Waals surface area (Å²) in [5.41, 5.74) is 2.50. The van der Waals surface area contributed by atoms with Gasteiger partial charge in [0.1, 0.15) is 0 Å². The van der Waals surface area contributed by atoms with Crippen LogP contribution >= 0.6 is 11.3 Å². The number of nitro groups is 1. The van der Waals surface area contributed by atoms with Crippen molar-refractivity contribution in [3.63, 3.8) is 0 Å². The van der Waals surface area contributed by atoms with Gasteiger partial charge >= 0.3 is 0 Å². The maximum Gasteiger partial charge on any atom is 0.272 e. The quantitative estimate of drug-likeness (QED) is 0.696. The van der Waals surface area contributed by atoms with Crippen molar-refractivity contribution < 1.29 is 4.92 Å². The molecule has 2 heterocycles. The summed E-state index contributed by atoms with van der Waals surface area (Å²) in [5, 5.41) is 17.5. The Labute approximate surface area is 127 Å². The van der Waals surface area contributed by atoms with Crippen molar-refractivity contribution in [2.24, 2.45) is 0 Å². The van der Waals surface area contributed by atoms with Crippen molar-refractivity contribution in [3.05, 3.63) is 44.3 Å². The molecule has 0 unspecified atom stereocenters. The average molecular weight is 303 g/mol. The summed E-state index contributed by atoms with van der Waals surface area (Å²) in [7, 11) is 0. The van der Waals surface area contributed by atoms with Gasteiger partial charge in [-0.1, -0.05) is 12.1 Å². The highest BCUT2D eigenvalue weighted by Crippen LogP contribution is 2.32. The number of benzene rings is 1. The average Bonchev–Trinajstić information content (AvgIpc) is 2.98. The molecule has 0 bridgehead atoms. The lowest BCUT2D eigenvalue weighted by molar-refractivity contribution is -0.385. The highest BCUT2D eigenvalue weighted by molar-refractivity contribution is 7.10. The lowest BCUT2D eigenvalue weighted by Gasteiger charge is -2.20. The molecular weight excluding hydrogens is 286 g/mol. The largest absolute Gasteiger partial charge is 0.317 e. The van der Waals surface area contributed by atoms with E-state index in [4.69, 9.17) is 4.98 Å². The van der Waals surface area contributed by atoms with E-state index < -0.39 is 0 Å². The molecule has 0 radical (unpaired) electrons. The predicted octanol–water partition coefficient (Wildman–Crippen LogP) is 3.49. The van der Waals surface area contributed by atoms with Crippen molar-refractivity contribution in [3.8, 4) is 11.3 Å². The zero-order valence-corrected chi connectivity index (χ0v) is 12.7. The van der Waals surface area contributed by atoms with Gasteiger partial charge in [-0.15, -0.1) is 11.3 Å². The molecule has 1 aromatic heterocycles. The van der Waals surface area contributed by atoms with Crippen LogP contribution in [0.2, 0.25) is 0 Å². The Morgan fingerprint density at radius 3 is 2.86 bits per heavy atom. The number of hydrogen-bond acceptors (Lipinski definition) is 5. The van der Waals surface area contributed by atoms with Crippen molar-refractivity contribution in [1.29, 1.82) is 0 Å². The number of piperidine rings is 1. The van der Waals surface area contributed by atoms with Gasteiger partial charge in [0.25, 0.3) is 5.69 Å². The van der Waals surface area contributed by atoms with Crippen molar-refractivity contribution in [2.45, 2.75) is 25.7 Å². The number of rotatable bonds is 3. The van der Waals surface area contributed by atoms with E-state index in [-0.39, 0.29) is 10.6 Å². The van der Waals surface area contributed by atoms with Crippen LogP contribution < -0.4 is 5.32 Å². The van der Waals surface area contributed by atoms with E-state index in [1.54, 1.807) is 30.4 Å². The van der Waals surface area contributed by atoms with Crippen LogP contribution in [0.3, 0.4) is 0 Å². The fourth-order valence-electron chi connectivity index (χ4n) is 2.64. The molecule has 0 amide bonds. The Hall–Kier alpha value is -1.79. The third kappa shape index (κ3) is 2.96. The molecule has 0 atom stereocenters. The van der Waals surface area contributed by atoms with E-state index in [1.165, 1.54) is 0 Å². The van der Waals surface area contributed by atoms with Crippen LogP contribution in [-0.4, -0.2) is 23.0 Å². The van der Waals surface area contributed by atoms with Crippen LogP contribution in [0.4, 0.5) is 5.69 Å². The third-order valence-corrected chi connectivity index (χ3v) is 4.92. The fraction of sp³-hybridized carbons (Fsp3) is 0.400. The van der Waals surface area contributed by atoms with Crippen molar-refractivity contribution in [1.82, 2.24) is 10.3 Å². The van der Waals surface area contributed by atoms with Gasteiger partial charge in [0, 0.05) is 28.5 Å². The minimum absolute atomic E-state index is 0.156. The summed E-state index contributed by atoms with van der Waals surface area (Å²) in [4.78, 5) is 15.4. The number of aromatic nitrogens is 1. The second kappa shape index (κ2) is 5.91. The molecule has 1 N–H and O–H groups in total. The molecule has 2 aromatic rings. The standard InChI is InChI=1S/C15H17N3O2S/c1-10-2-3-12(8-14(10)18(19)20)13-9-21-15(17-13)11-4-6-16-7-5-11/h2-3,8-9,11,16H,4-7H2,1H3. The zero-order chi connectivity index (χ0) is 14.8. The van der Waals surface area contributed by atoms with Crippen LogP contribution in [0.15, 0.2) is 23.6 Å². The Morgan fingerprint density at radius 2 is 2.14 bits per heavy atom. The number of aryl methyl sites for hydroxylation is 1. The van der Waals surface area contributed by atoms with Gasteiger partial charge in [0.2, 0.25) is 0 Å². The third-order valence-electron chi connectivity index (χ3n) is 3.91. The lowest BCUT2D eigenvalue weighted by atomic mass is 9.99. The van der Waals surface area contributed by atoms with Gasteiger partial charge < -0.3 is 5.32 Å². The maximum atomic E-state index is 11.0. The Bertz CT molecular complexity index is 663. The molecule has 1 aromatic carbocycles. The fourth-order valence-corrected chi connectivity index (χ4v) is 3.64. The number of nitrogens with zero attached hydrogens (tertiary/aromatic N) is 2. The van der Waals surface area contributed by atoms with E-state index in [9.17, 15) is 10.1 Å². The van der Waals surface area contributed by atoms with Crippen molar-refractivity contribution in [2.75, 3.05) is 13.1 Å². The molecule has 21 heavy (non-hydrogen) atoms. The van der Waals surface area contributed by atoms with E-state index in [0.717, 1.165) is 42.2 Å². The molecule has 0 saturated carbocycles. The smallest absolute Gasteiger partial charge is 0.272 e. The minimum atomic E-state index is -0.334. The van der Waals surface area contributed by atoms with Crippen LogP contribution in [0, 0.1) is 17.0 Å². The SMILES string of the molecule is Cc1ccc(-c2csc(C3CCNCC3)n2)cc1[N+](=O)[O-]. The Morgan fingerprint density at radius 1 is 1.38 bits per heavy atom. The lowest BCUT2D eigenvalue weighted by Crippen LogP contribution is -2.26. The van der Waals surface area contributed by atoms with Crippen LogP contribution in [0.5, 0.6) is 0 Å². The van der Waals surface area contributed by atoms with E-state index in [0.29, 0.717) is 11.5 Å². The van der Waals surface area contributed by atoms with Gasteiger partial charge in [-0.2, -0.15) is 0 Å². The molecule has 110 valence electrons. The first-order valence-electron chi connectivity index (χ1n) is 7.06. The molecule has 0 spiro atoms. The highest BCUT2D eigenvalue weighted by atomic mass is 32.1. The summed E-state index contributed by atoms with van der Waals surface area (Å²) in [6.45, 7) is 3.83. The number of nitro benzene ring substituents is 1. The maximum absolute atomic E-state index is 11.0. The number of nitrogens with one attached hydrogen (secondary N) is 1. The van der Waals surface area contributed by atoms with Gasteiger partial charge in [-0.3, -0.25) is 10.1 Å². The summed E-state index contributed by atoms with van der Waals surface area (Å²) in [6.07, 6.45) is 2.22. The van der Waals surface area contributed by atoms with Gasteiger partial charge in [0.05, 0.1) is 15.6 Å². The second-order valence-corrected chi connectivity index (χ2v) is 6.24. The summed E-state index contributed by atoms with van der Waals surface area (Å²) in [6, 6.07) is 5.32.